The van der Waals surface area contributed by atoms with Crippen LogP contribution in [0, 0.1) is 17.7 Å². The molecule has 1 aromatic rings. The highest BCUT2D eigenvalue weighted by molar-refractivity contribution is 5.97. The number of carbonyl (C=O) groups is 1. The minimum atomic E-state index is -0.452. The van der Waals surface area contributed by atoms with E-state index in [2.05, 4.69) is 17.2 Å². The third kappa shape index (κ3) is 3.62. The van der Waals surface area contributed by atoms with Crippen LogP contribution in [0.5, 0.6) is 0 Å². The van der Waals surface area contributed by atoms with Crippen molar-refractivity contribution in [3.05, 3.63) is 35.1 Å². The Bertz CT molecular complexity index is 577. The Hall–Kier alpha value is -1.86. The molecule has 1 amide bonds. The highest BCUT2D eigenvalue weighted by Crippen LogP contribution is 2.35. The van der Waals surface area contributed by atoms with Crippen LogP contribution in [0.25, 0.3) is 0 Å². The van der Waals surface area contributed by atoms with Gasteiger partial charge in [-0.05, 0) is 43.9 Å². The highest BCUT2D eigenvalue weighted by atomic mass is 19.1. The fourth-order valence-electron chi connectivity index (χ4n) is 2.51. The van der Waals surface area contributed by atoms with Crippen molar-refractivity contribution < 1.29 is 14.3 Å². The average molecular weight is 289 g/mol. The molecule has 0 atom stereocenters. The van der Waals surface area contributed by atoms with Gasteiger partial charge in [0.15, 0.2) is 0 Å². The molecule has 112 valence electrons. The first-order valence-corrected chi connectivity index (χ1v) is 7.32. The van der Waals surface area contributed by atoms with Crippen LogP contribution in [0.4, 0.5) is 4.39 Å². The quantitative estimate of drug-likeness (QED) is 0.837. The Labute approximate surface area is 124 Å². The van der Waals surface area contributed by atoms with Crippen LogP contribution in [0.2, 0.25) is 0 Å². The van der Waals surface area contributed by atoms with Crippen molar-refractivity contribution in [2.75, 3.05) is 6.61 Å². The van der Waals surface area contributed by atoms with E-state index in [4.69, 9.17) is 5.11 Å². The minimum absolute atomic E-state index is 0.0331. The summed E-state index contributed by atoms with van der Waals surface area (Å²) in [5, 5.41) is 11.8. The molecule has 21 heavy (non-hydrogen) atoms. The summed E-state index contributed by atoms with van der Waals surface area (Å²) >= 11 is 0. The summed E-state index contributed by atoms with van der Waals surface area (Å²) in [6.45, 7) is 2.02. The molecule has 0 aromatic heterocycles. The van der Waals surface area contributed by atoms with E-state index < -0.39 is 5.82 Å². The van der Waals surface area contributed by atoms with Crippen LogP contribution in [-0.4, -0.2) is 23.2 Å². The summed E-state index contributed by atoms with van der Waals surface area (Å²) in [7, 11) is 0. The molecular weight excluding hydrogens is 269 g/mol. The predicted molar refractivity (Wildman–Crippen MR) is 79.3 cm³/mol. The average Bonchev–Trinajstić information content (AvgIpc) is 2.44. The molecular formula is C17H20FNO2. The molecule has 1 saturated carbocycles. The van der Waals surface area contributed by atoms with Crippen LogP contribution >= 0.6 is 0 Å². The zero-order valence-corrected chi connectivity index (χ0v) is 12.2. The third-order valence-corrected chi connectivity index (χ3v) is 4.05. The number of hydrogen-bond donors (Lipinski definition) is 2. The lowest BCUT2D eigenvalue weighted by Gasteiger charge is -2.42. The molecule has 2 rings (SSSR count). The summed E-state index contributed by atoms with van der Waals surface area (Å²) in [4.78, 5) is 12.4. The maximum absolute atomic E-state index is 13.4. The summed E-state index contributed by atoms with van der Waals surface area (Å²) in [5.41, 5.74) is 0.618. The number of amides is 1. The molecule has 1 aliphatic carbocycles. The molecule has 0 saturated heterocycles. The van der Waals surface area contributed by atoms with E-state index in [0.29, 0.717) is 12.0 Å². The van der Waals surface area contributed by atoms with Crippen LogP contribution in [0.1, 0.15) is 54.9 Å². The maximum Gasteiger partial charge on any atom is 0.253 e. The summed E-state index contributed by atoms with van der Waals surface area (Å²) < 4.78 is 13.4. The molecule has 1 fully saturated rings. The zero-order valence-electron chi connectivity index (χ0n) is 12.2. The second-order valence-electron chi connectivity index (χ2n) is 5.41. The highest BCUT2D eigenvalue weighted by Gasteiger charge is 2.36. The summed E-state index contributed by atoms with van der Waals surface area (Å²) in [6, 6.07) is 4.02. The SMILES string of the molecule is CCC1(NC(=O)c2cc(F)ccc2C#CCCO)CCC1. The molecule has 0 heterocycles. The molecule has 1 aromatic carbocycles. The van der Waals surface area contributed by atoms with Crippen LogP contribution in [0.3, 0.4) is 0 Å². The van der Waals surface area contributed by atoms with E-state index in [1.54, 1.807) is 0 Å². The van der Waals surface area contributed by atoms with Gasteiger partial charge in [-0.15, -0.1) is 0 Å². The molecule has 0 radical (unpaired) electrons. The number of benzene rings is 1. The van der Waals surface area contributed by atoms with Crippen LogP contribution in [0.15, 0.2) is 18.2 Å². The fraction of sp³-hybridized carbons (Fsp3) is 0.471. The molecule has 0 bridgehead atoms. The standard InChI is InChI=1S/C17H20FNO2/c1-2-17(9-5-10-17)19-16(21)15-12-14(18)8-7-13(15)6-3-4-11-20/h7-8,12,20H,2,4-5,9-11H2,1H3,(H,19,21). The fourth-order valence-corrected chi connectivity index (χ4v) is 2.51. The van der Waals surface area contributed by atoms with Crippen molar-refractivity contribution in [2.45, 2.75) is 44.6 Å². The molecule has 2 N–H and O–H groups in total. The van der Waals surface area contributed by atoms with Gasteiger partial charge < -0.3 is 10.4 Å². The van der Waals surface area contributed by atoms with Crippen molar-refractivity contribution in [2.24, 2.45) is 0 Å². The number of aliphatic hydroxyl groups is 1. The van der Waals surface area contributed by atoms with E-state index in [9.17, 15) is 9.18 Å². The minimum Gasteiger partial charge on any atom is -0.395 e. The van der Waals surface area contributed by atoms with Crippen molar-refractivity contribution in [3.63, 3.8) is 0 Å². The second kappa shape index (κ2) is 6.73. The molecule has 3 nitrogen and oxygen atoms in total. The van der Waals surface area contributed by atoms with Gasteiger partial charge in [0.25, 0.3) is 5.91 Å². The maximum atomic E-state index is 13.4. The lowest BCUT2D eigenvalue weighted by molar-refractivity contribution is 0.0819. The Morgan fingerprint density at radius 1 is 1.48 bits per heavy atom. The van der Waals surface area contributed by atoms with E-state index in [-0.39, 0.29) is 23.6 Å². The largest absolute Gasteiger partial charge is 0.395 e. The van der Waals surface area contributed by atoms with E-state index in [0.717, 1.165) is 25.7 Å². The van der Waals surface area contributed by atoms with E-state index >= 15 is 0 Å². The lowest BCUT2D eigenvalue weighted by Crippen LogP contribution is -2.53. The monoisotopic (exact) mass is 289 g/mol. The van der Waals surface area contributed by atoms with E-state index in [1.807, 2.05) is 6.92 Å². The van der Waals surface area contributed by atoms with Crippen LogP contribution in [-0.2, 0) is 0 Å². The summed E-state index contributed by atoms with van der Waals surface area (Å²) in [6.07, 6.45) is 4.25. The Balaban J connectivity index is 2.23. The van der Waals surface area contributed by atoms with Crippen molar-refractivity contribution in [1.29, 1.82) is 0 Å². The van der Waals surface area contributed by atoms with Gasteiger partial charge in [-0.25, -0.2) is 4.39 Å². The number of nitrogens with one attached hydrogen (secondary N) is 1. The first-order chi connectivity index (χ1) is 10.1. The van der Waals surface area contributed by atoms with Crippen molar-refractivity contribution >= 4 is 5.91 Å². The summed E-state index contributed by atoms with van der Waals surface area (Å²) in [5.74, 6) is 4.87. The molecule has 1 aliphatic rings. The normalized spacial score (nSPS) is 15.6. The van der Waals surface area contributed by atoms with E-state index in [1.165, 1.54) is 18.2 Å². The number of aliphatic hydroxyl groups excluding tert-OH is 1. The Morgan fingerprint density at radius 2 is 2.24 bits per heavy atom. The lowest BCUT2D eigenvalue weighted by atomic mass is 9.74. The first-order valence-electron chi connectivity index (χ1n) is 7.32. The number of carbonyl (C=O) groups excluding carboxylic acids is 1. The zero-order chi connectivity index (χ0) is 15.3. The first kappa shape index (κ1) is 15.5. The van der Waals surface area contributed by atoms with Gasteiger partial charge in [-0.1, -0.05) is 18.8 Å². The number of hydrogen-bond acceptors (Lipinski definition) is 2. The predicted octanol–water partition coefficient (Wildman–Crippen LogP) is 2.62. The van der Waals surface area contributed by atoms with Crippen LogP contribution < -0.4 is 5.32 Å². The van der Waals surface area contributed by atoms with Gasteiger partial charge in [0.05, 0.1) is 12.2 Å². The number of rotatable bonds is 4. The third-order valence-electron chi connectivity index (χ3n) is 4.05. The smallest absolute Gasteiger partial charge is 0.253 e. The van der Waals surface area contributed by atoms with Crippen molar-refractivity contribution in [3.8, 4) is 11.8 Å². The molecule has 0 aliphatic heterocycles. The molecule has 4 heteroatoms. The molecule has 0 unspecified atom stereocenters. The molecule has 0 spiro atoms. The topological polar surface area (TPSA) is 49.3 Å². The van der Waals surface area contributed by atoms with Gasteiger partial charge in [0.2, 0.25) is 0 Å². The number of halogens is 1. The Kier molecular flexibility index (Phi) is 4.98. The van der Waals surface area contributed by atoms with Gasteiger partial charge in [0.1, 0.15) is 5.82 Å². The Morgan fingerprint density at radius 3 is 2.81 bits per heavy atom. The van der Waals surface area contributed by atoms with Gasteiger partial charge >= 0.3 is 0 Å². The second-order valence-corrected chi connectivity index (χ2v) is 5.41. The van der Waals surface area contributed by atoms with Gasteiger partial charge in [-0.3, -0.25) is 4.79 Å². The van der Waals surface area contributed by atoms with Gasteiger partial charge in [-0.2, -0.15) is 0 Å². The van der Waals surface area contributed by atoms with Crippen molar-refractivity contribution in [1.82, 2.24) is 5.32 Å². The van der Waals surface area contributed by atoms with Gasteiger partial charge in [0, 0.05) is 17.5 Å².